The molecule has 144 valence electrons. The summed E-state index contributed by atoms with van der Waals surface area (Å²) in [6, 6.07) is 5.30. The highest BCUT2D eigenvalue weighted by Crippen LogP contribution is 2.38. The fourth-order valence-corrected chi connectivity index (χ4v) is 4.68. The van der Waals surface area contributed by atoms with Gasteiger partial charge in [-0.15, -0.1) is 0 Å². The molecule has 0 aromatic heterocycles. The average Bonchev–Trinajstić information content (AvgIpc) is 2.68. The standard InChI is InChI=1S/C24H29F2N/c1-2-3-17-8-11-20(12-9-17)21-14-23(25)22(24(26)15-21)13-10-18-4-6-19(16-27)7-5-18/h14-15,17-20H,2-9,11-12H2,1H3/t17-,18?,19?,20-. The Labute approximate surface area is 162 Å². The Morgan fingerprint density at radius 1 is 0.926 bits per heavy atom. The first-order chi connectivity index (χ1) is 13.1. The monoisotopic (exact) mass is 369 g/mol. The van der Waals surface area contributed by atoms with Crippen molar-refractivity contribution in [3.8, 4) is 17.9 Å². The zero-order valence-electron chi connectivity index (χ0n) is 16.2. The van der Waals surface area contributed by atoms with Crippen molar-refractivity contribution in [2.24, 2.45) is 17.8 Å². The summed E-state index contributed by atoms with van der Waals surface area (Å²) < 4.78 is 29.1. The highest BCUT2D eigenvalue weighted by molar-refractivity contribution is 5.40. The Morgan fingerprint density at radius 3 is 2.07 bits per heavy atom. The van der Waals surface area contributed by atoms with Gasteiger partial charge in [0.15, 0.2) is 0 Å². The Bertz CT molecular complexity index is 713. The molecular weight excluding hydrogens is 340 g/mol. The van der Waals surface area contributed by atoms with E-state index < -0.39 is 11.6 Å². The van der Waals surface area contributed by atoms with Crippen molar-refractivity contribution in [2.75, 3.05) is 0 Å². The smallest absolute Gasteiger partial charge is 0.142 e. The van der Waals surface area contributed by atoms with Crippen molar-refractivity contribution in [3.05, 3.63) is 34.9 Å². The number of rotatable bonds is 3. The van der Waals surface area contributed by atoms with Crippen LogP contribution in [0.3, 0.4) is 0 Å². The van der Waals surface area contributed by atoms with E-state index in [1.807, 2.05) is 0 Å². The largest absolute Gasteiger partial charge is 0.206 e. The van der Waals surface area contributed by atoms with Gasteiger partial charge in [0.2, 0.25) is 0 Å². The van der Waals surface area contributed by atoms with Gasteiger partial charge in [0.1, 0.15) is 11.6 Å². The highest BCUT2D eigenvalue weighted by atomic mass is 19.1. The molecule has 2 saturated carbocycles. The molecule has 2 fully saturated rings. The Hall–Kier alpha value is -1.87. The zero-order chi connectivity index (χ0) is 19.2. The molecule has 2 aliphatic carbocycles. The van der Waals surface area contributed by atoms with Crippen LogP contribution in [0.1, 0.15) is 88.2 Å². The number of nitrogens with zero attached hydrogens (tertiary/aromatic N) is 1. The zero-order valence-corrected chi connectivity index (χ0v) is 16.2. The molecule has 1 aromatic carbocycles. The van der Waals surface area contributed by atoms with Crippen LogP contribution in [0.5, 0.6) is 0 Å². The van der Waals surface area contributed by atoms with Gasteiger partial charge in [-0.3, -0.25) is 0 Å². The van der Waals surface area contributed by atoms with Gasteiger partial charge < -0.3 is 0 Å². The van der Waals surface area contributed by atoms with Crippen LogP contribution < -0.4 is 0 Å². The lowest BCUT2D eigenvalue weighted by Gasteiger charge is -2.28. The Morgan fingerprint density at radius 2 is 1.52 bits per heavy atom. The van der Waals surface area contributed by atoms with Crippen molar-refractivity contribution in [3.63, 3.8) is 0 Å². The van der Waals surface area contributed by atoms with Crippen LogP contribution in [0.4, 0.5) is 8.78 Å². The van der Waals surface area contributed by atoms with Crippen LogP contribution in [0.15, 0.2) is 12.1 Å². The second-order valence-corrected chi connectivity index (χ2v) is 8.31. The number of halogens is 2. The molecule has 27 heavy (non-hydrogen) atoms. The maximum atomic E-state index is 14.5. The van der Waals surface area contributed by atoms with Gasteiger partial charge >= 0.3 is 0 Å². The first-order valence-electron chi connectivity index (χ1n) is 10.5. The van der Waals surface area contributed by atoms with Crippen molar-refractivity contribution in [2.45, 2.75) is 77.0 Å². The number of hydrogen-bond donors (Lipinski definition) is 0. The van der Waals surface area contributed by atoms with E-state index in [-0.39, 0.29) is 23.3 Å². The van der Waals surface area contributed by atoms with Crippen molar-refractivity contribution in [1.82, 2.24) is 0 Å². The van der Waals surface area contributed by atoms with Crippen LogP contribution in [-0.2, 0) is 0 Å². The topological polar surface area (TPSA) is 23.8 Å². The first kappa shape index (κ1) is 19.9. The van der Waals surface area contributed by atoms with Gasteiger partial charge in [0.05, 0.1) is 11.6 Å². The highest BCUT2D eigenvalue weighted by Gasteiger charge is 2.24. The first-order valence-corrected chi connectivity index (χ1v) is 10.5. The number of benzene rings is 1. The van der Waals surface area contributed by atoms with E-state index in [0.29, 0.717) is 0 Å². The van der Waals surface area contributed by atoms with E-state index in [9.17, 15) is 8.78 Å². The average molecular weight is 369 g/mol. The van der Waals surface area contributed by atoms with Crippen molar-refractivity contribution >= 4 is 0 Å². The molecule has 0 saturated heterocycles. The molecule has 0 bridgehead atoms. The SMILES string of the molecule is CCC[C@H]1CC[C@H](c2cc(F)c(C#CC3CCC(C#N)CC3)c(F)c2)CC1. The number of nitriles is 1. The van der Waals surface area contributed by atoms with Gasteiger partial charge in [-0.25, -0.2) is 8.78 Å². The molecule has 1 aromatic rings. The third-order valence-electron chi connectivity index (χ3n) is 6.39. The minimum atomic E-state index is -0.529. The molecule has 0 amide bonds. The molecule has 3 rings (SSSR count). The molecule has 3 heteroatoms. The van der Waals surface area contributed by atoms with Gasteiger partial charge in [0, 0.05) is 11.8 Å². The fraction of sp³-hybridized carbons (Fsp3) is 0.625. The predicted octanol–water partition coefficient (Wildman–Crippen LogP) is 6.72. The molecule has 0 N–H and O–H groups in total. The third-order valence-corrected chi connectivity index (χ3v) is 6.39. The van der Waals surface area contributed by atoms with E-state index >= 15 is 0 Å². The maximum absolute atomic E-state index is 14.5. The maximum Gasteiger partial charge on any atom is 0.142 e. The van der Waals surface area contributed by atoms with Crippen molar-refractivity contribution in [1.29, 1.82) is 5.26 Å². The molecule has 0 aliphatic heterocycles. The summed E-state index contributed by atoms with van der Waals surface area (Å²) >= 11 is 0. The molecule has 1 nitrogen and oxygen atoms in total. The molecule has 0 atom stereocenters. The Kier molecular flexibility index (Phi) is 6.89. The van der Waals surface area contributed by atoms with Gasteiger partial charge in [-0.2, -0.15) is 5.26 Å². The van der Waals surface area contributed by atoms with E-state index in [0.717, 1.165) is 62.8 Å². The van der Waals surface area contributed by atoms with Crippen molar-refractivity contribution < 1.29 is 8.78 Å². The third kappa shape index (κ3) is 5.10. The van der Waals surface area contributed by atoms with Crippen LogP contribution in [-0.4, -0.2) is 0 Å². The lowest BCUT2D eigenvalue weighted by atomic mass is 9.77. The van der Waals surface area contributed by atoms with Gasteiger partial charge in [0.25, 0.3) is 0 Å². The van der Waals surface area contributed by atoms with Crippen LogP contribution in [0.25, 0.3) is 0 Å². The summed E-state index contributed by atoms with van der Waals surface area (Å²) in [5, 5.41) is 8.95. The molecule has 0 radical (unpaired) electrons. The van der Waals surface area contributed by atoms with E-state index in [1.165, 1.54) is 25.0 Å². The van der Waals surface area contributed by atoms with Crippen LogP contribution in [0.2, 0.25) is 0 Å². The summed E-state index contributed by atoms with van der Waals surface area (Å²) in [4.78, 5) is 0. The lowest BCUT2D eigenvalue weighted by molar-refractivity contribution is 0.307. The molecule has 0 heterocycles. The van der Waals surface area contributed by atoms with E-state index in [1.54, 1.807) is 0 Å². The number of hydrogen-bond acceptors (Lipinski definition) is 1. The molecule has 2 aliphatic rings. The minimum Gasteiger partial charge on any atom is -0.206 e. The summed E-state index contributed by atoms with van der Waals surface area (Å²) in [5.41, 5.74) is 0.695. The minimum absolute atomic E-state index is 0.0965. The van der Waals surface area contributed by atoms with Gasteiger partial charge in [-0.1, -0.05) is 31.6 Å². The molecule has 0 spiro atoms. The summed E-state index contributed by atoms with van der Waals surface area (Å²) in [5.74, 6) is 6.04. The second-order valence-electron chi connectivity index (χ2n) is 8.31. The second kappa shape index (κ2) is 9.36. The van der Waals surface area contributed by atoms with E-state index in [2.05, 4.69) is 24.8 Å². The molecule has 0 unspecified atom stereocenters. The Balaban J connectivity index is 1.66. The molecular formula is C24H29F2N. The fourth-order valence-electron chi connectivity index (χ4n) is 4.68. The quantitative estimate of drug-likeness (QED) is 0.543. The van der Waals surface area contributed by atoms with Crippen LogP contribution >= 0.6 is 0 Å². The normalized spacial score (nSPS) is 28.1. The predicted molar refractivity (Wildman–Crippen MR) is 104 cm³/mol. The summed E-state index contributed by atoms with van der Waals surface area (Å²) in [7, 11) is 0. The summed E-state index contributed by atoms with van der Waals surface area (Å²) in [6.45, 7) is 2.21. The summed E-state index contributed by atoms with van der Waals surface area (Å²) in [6.07, 6.45) is 10.2. The lowest BCUT2D eigenvalue weighted by Crippen LogP contribution is -2.14. The van der Waals surface area contributed by atoms with Crippen LogP contribution in [0, 0.1) is 52.6 Å². The van der Waals surface area contributed by atoms with Gasteiger partial charge in [-0.05, 0) is 80.9 Å². The van der Waals surface area contributed by atoms with E-state index in [4.69, 9.17) is 5.26 Å².